The Bertz CT molecular complexity index is 413. The molecule has 0 saturated heterocycles. The van der Waals surface area contributed by atoms with Crippen molar-refractivity contribution in [2.75, 3.05) is 0 Å². The zero-order valence-electron chi connectivity index (χ0n) is 6.88. The third-order valence-electron chi connectivity index (χ3n) is 1.28. The van der Waals surface area contributed by atoms with E-state index in [4.69, 9.17) is 4.55 Å². The van der Waals surface area contributed by atoms with Crippen molar-refractivity contribution in [3.05, 3.63) is 35.9 Å². The molecule has 14 heavy (non-hydrogen) atoms. The highest BCUT2D eigenvalue weighted by molar-refractivity contribution is 7.80. The molecule has 1 aromatic carbocycles. The van der Waals surface area contributed by atoms with Crippen LogP contribution in [0.1, 0.15) is 10.4 Å². The van der Waals surface area contributed by atoms with E-state index in [1.807, 2.05) is 0 Å². The number of hydroxylamine groups is 1. The standard InChI is InChI=1S/C7H7NO5S/c9-7(8-13-14(10,11)12)6-4-2-1-3-5-6/h1-5H,(H,8,9)(H,10,11,12). The molecule has 1 amide bonds. The molecule has 0 atom stereocenters. The Balaban J connectivity index is 2.61. The molecule has 7 heteroatoms. The molecule has 0 radical (unpaired) electrons. The van der Waals surface area contributed by atoms with Crippen molar-refractivity contribution < 1.29 is 22.0 Å². The van der Waals surface area contributed by atoms with Gasteiger partial charge in [0.25, 0.3) is 5.91 Å². The van der Waals surface area contributed by atoms with E-state index >= 15 is 0 Å². The van der Waals surface area contributed by atoms with E-state index < -0.39 is 16.3 Å². The Labute approximate surface area is 80.4 Å². The van der Waals surface area contributed by atoms with Crippen LogP contribution in [0.5, 0.6) is 0 Å². The first-order valence-electron chi connectivity index (χ1n) is 3.50. The molecule has 0 aliphatic heterocycles. The summed E-state index contributed by atoms with van der Waals surface area (Å²) in [6, 6.07) is 7.82. The first kappa shape index (κ1) is 10.6. The number of rotatable bonds is 3. The van der Waals surface area contributed by atoms with Gasteiger partial charge in [0, 0.05) is 5.56 Å². The summed E-state index contributed by atoms with van der Waals surface area (Å²) in [5, 5.41) is 0. The van der Waals surface area contributed by atoms with Gasteiger partial charge in [-0.25, -0.2) is 5.48 Å². The summed E-state index contributed by atoms with van der Waals surface area (Å²) in [5.74, 6) is -0.761. The van der Waals surface area contributed by atoms with Gasteiger partial charge in [-0.1, -0.05) is 18.2 Å². The maximum atomic E-state index is 11.1. The summed E-state index contributed by atoms with van der Waals surface area (Å²) in [7, 11) is -4.66. The van der Waals surface area contributed by atoms with Crippen molar-refractivity contribution in [2.45, 2.75) is 0 Å². The van der Waals surface area contributed by atoms with E-state index in [9.17, 15) is 13.2 Å². The van der Waals surface area contributed by atoms with E-state index in [2.05, 4.69) is 4.28 Å². The Morgan fingerprint density at radius 1 is 1.29 bits per heavy atom. The normalized spacial score (nSPS) is 10.9. The fraction of sp³-hybridized carbons (Fsp3) is 0. The lowest BCUT2D eigenvalue weighted by atomic mass is 10.2. The van der Waals surface area contributed by atoms with Gasteiger partial charge >= 0.3 is 10.4 Å². The van der Waals surface area contributed by atoms with Gasteiger partial charge in [0.1, 0.15) is 0 Å². The van der Waals surface area contributed by atoms with Crippen molar-refractivity contribution in [3.63, 3.8) is 0 Å². The van der Waals surface area contributed by atoms with Crippen molar-refractivity contribution in [2.24, 2.45) is 0 Å². The minimum atomic E-state index is -4.66. The summed E-state index contributed by atoms with van der Waals surface area (Å²) >= 11 is 0. The Morgan fingerprint density at radius 2 is 1.86 bits per heavy atom. The minimum absolute atomic E-state index is 0.219. The van der Waals surface area contributed by atoms with Crippen LogP contribution in [0.4, 0.5) is 0 Å². The molecular weight excluding hydrogens is 210 g/mol. The van der Waals surface area contributed by atoms with Crippen molar-refractivity contribution in [3.8, 4) is 0 Å². The highest BCUT2D eigenvalue weighted by atomic mass is 32.3. The number of nitrogens with one attached hydrogen (secondary N) is 1. The molecule has 6 nitrogen and oxygen atoms in total. The zero-order chi connectivity index (χ0) is 10.6. The van der Waals surface area contributed by atoms with Crippen LogP contribution in [-0.4, -0.2) is 18.9 Å². The van der Waals surface area contributed by atoms with Crippen molar-refractivity contribution in [1.29, 1.82) is 0 Å². The smallest absolute Gasteiger partial charge is 0.267 e. The summed E-state index contributed by atoms with van der Waals surface area (Å²) < 4.78 is 32.0. The Morgan fingerprint density at radius 3 is 2.36 bits per heavy atom. The maximum absolute atomic E-state index is 11.1. The summed E-state index contributed by atoms with van der Waals surface area (Å²) in [6.07, 6.45) is 0. The predicted molar refractivity (Wildman–Crippen MR) is 46.5 cm³/mol. The van der Waals surface area contributed by atoms with Gasteiger partial charge in [-0.3, -0.25) is 9.35 Å². The molecule has 0 bridgehead atoms. The first-order chi connectivity index (χ1) is 6.49. The summed E-state index contributed by atoms with van der Waals surface area (Å²) in [4.78, 5) is 11.1. The van der Waals surface area contributed by atoms with Gasteiger partial charge in [0.05, 0.1) is 0 Å². The second-order valence-corrected chi connectivity index (χ2v) is 3.33. The summed E-state index contributed by atoms with van der Waals surface area (Å²) in [5.41, 5.74) is 1.78. The van der Waals surface area contributed by atoms with Crippen molar-refractivity contribution >= 4 is 16.3 Å². The van der Waals surface area contributed by atoms with Gasteiger partial charge < -0.3 is 0 Å². The first-order valence-corrected chi connectivity index (χ1v) is 4.87. The summed E-state index contributed by atoms with van der Waals surface area (Å²) in [6.45, 7) is 0. The third kappa shape index (κ3) is 3.52. The maximum Gasteiger partial charge on any atom is 0.418 e. The van der Waals surface area contributed by atoms with Crippen LogP contribution in [0.3, 0.4) is 0 Å². The average Bonchev–Trinajstić information content (AvgIpc) is 2.14. The molecule has 1 aromatic rings. The predicted octanol–water partition coefficient (Wildman–Crippen LogP) is 0.151. The largest absolute Gasteiger partial charge is 0.418 e. The van der Waals surface area contributed by atoms with Crippen LogP contribution in [0.2, 0.25) is 0 Å². The molecule has 2 N–H and O–H groups in total. The van der Waals surface area contributed by atoms with Crippen LogP contribution in [0.15, 0.2) is 30.3 Å². The van der Waals surface area contributed by atoms with E-state index in [1.165, 1.54) is 12.1 Å². The topological polar surface area (TPSA) is 92.7 Å². The molecule has 0 aliphatic rings. The second-order valence-electron chi connectivity index (χ2n) is 2.31. The van der Waals surface area contributed by atoms with E-state index in [-0.39, 0.29) is 5.56 Å². The molecule has 0 spiro atoms. The number of hydrogen-bond donors (Lipinski definition) is 2. The van der Waals surface area contributed by atoms with Crippen LogP contribution >= 0.6 is 0 Å². The van der Waals surface area contributed by atoms with Crippen LogP contribution < -0.4 is 5.48 Å². The second kappa shape index (κ2) is 4.18. The minimum Gasteiger partial charge on any atom is -0.267 e. The molecular formula is C7H7NO5S. The average molecular weight is 217 g/mol. The molecule has 0 aromatic heterocycles. The number of carbonyl (C=O) groups is 1. The molecule has 0 heterocycles. The van der Waals surface area contributed by atoms with Crippen LogP contribution in [-0.2, 0) is 14.7 Å². The quantitative estimate of drug-likeness (QED) is 0.555. The van der Waals surface area contributed by atoms with Gasteiger partial charge in [-0.2, -0.15) is 8.42 Å². The third-order valence-corrected chi connectivity index (χ3v) is 1.57. The fourth-order valence-corrected chi connectivity index (χ4v) is 0.920. The van der Waals surface area contributed by atoms with Gasteiger partial charge in [0.2, 0.25) is 0 Å². The Kier molecular flexibility index (Phi) is 3.18. The Hall–Kier alpha value is -1.44. The van der Waals surface area contributed by atoms with Crippen LogP contribution in [0, 0.1) is 0 Å². The lowest BCUT2D eigenvalue weighted by Crippen LogP contribution is -2.26. The number of carbonyl (C=O) groups excluding carboxylic acids is 1. The monoisotopic (exact) mass is 217 g/mol. The SMILES string of the molecule is O=C(NOS(=O)(=O)O)c1ccccc1. The molecule has 0 aliphatic carbocycles. The number of amides is 1. The number of hydrogen-bond acceptors (Lipinski definition) is 4. The van der Waals surface area contributed by atoms with Gasteiger partial charge in [-0.15, -0.1) is 4.28 Å². The molecule has 76 valence electrons. The number of benzene rings is 1. The lowest BCUT2D eigenvalue weighted by molar-refractivity contribution is 0.0743. The lowest BCUT2D eigenvalue weighted by Gasteiger charge is -2.01. The van der Waals surface area contributed by atoms with E-state index in [0.717, 1.165) is 0 Å². The van der Waals surface area contributed by atoms with Crippen LogP contribution in [0.25, 0.3) is 0 Å². The van der Waals surface area contributed by atoms with E-state index in [0.29, 0.717) is 0 Å². The van der Waals surface area contributed by atoms with Gasteiger partial charge in [0.15, 0.2) is 0 Å². The highest BCUT2D eigenvalue weighted by Gasteiger charge is 2.09. The molecule has 0 fully saturated rings. The van der Waals surface area contributed by atoms with E-state index in [1.54, 1.807) is 23.7 Å². The highest BCUT2D eigenvalue weighted by Crippen LogP contribution is 1.97. The molecule has 0 unspecified atom stereocenters. The molecule has 1 rings (SSSR count). The zero-order valence-corrected chi connectivity index (χ0v) is 7.69. The molecule has 0 saturated carbocycles. The van der Waals surface area contributed by atoms with Crippen molar-refractivity contribution in [1.82, 2.24) is 5.48 Å². The van der Waals surface area contributed by atoms with Gasteiger partial charge in [-0.05, 0) is 12.1 Å². The fourth-order valence-electron chi connectivity index (χ4n) is 0.739.